The molecule has 1 heterocycles. The van der Waals surface area contributed by atoms with Crippen molar-refractivity contribution in [3.8, 4) is 0 Å². The average molecular weight is 307 g/mol. The van der Waals surface area contributed by atoms with Gasteiger partial charge in [0.15, 0.2) is 0 Å². The van der Waals surface area contributed by atoms with Crippen molar-refractivity contribution in [1.82, 2.24) is 14.7 Å². The van der Waals surface area contributed by atoms with Gasteiger partial charge in [0.05, 0.1) is 12.7 Å². The van der Waals surface area contributed by atoms with Gasteiger partial charge >= 0.3 is 0 Å². The van der Waals surface area contributed by atoms with Crippen LogP contribution >= 0.6 is 0 Å². The number of β-amino-alcohol motifs (C(OH)–C–C–N with tert-alkyl or cyclic N) is 2. The molecule has 2 rings (SSSR count). The fourth-order valence-electron chi connectivity index (χ4n) is 3.01. The monoisotopic (exact) mass is 307 g/mol. The summed E-state index contributed by atoms with van der Waals surface area (Å²) in [7, 11) is 2.05. The SMILES string of the molecule is CN(Cc1ccccc1)C[C@H](O)CN1CCN(CCO)CC1. The van der Waals surface area contributed by atoms with E-state index >= 15 is 0 Å². The first-order valence-corrected chi connectivity index (χ1v) is 8.13. The number of aliphatic hydroxyl groups excluding tert-OH is 2. The van der Waals surface area contributed by atoms with Crippen LogP contribution in [-0.4, -0.2) is 90.5 Å². The number of hydrogen-bond acceptors (Lipinski definition) is 5. The summed E-state index contributed by atoms with van der Waals surface area (Å²) in [4.78, 5) is 6.75. The van der Waals surface area contributed by atoms with Crippen LogP contribution in [0.25, 0.3) is 0 Å². The average Bonchev–Trinajstić information content (AvgIpc) is 2.50. The van der Waals surface area contributed by atoms with E-state index in [1.807, 2.05) is 18.2 Å². The Morgan fingerprint density at radius 2 is 1.73 bits per heavy atom. The third kappa shape index (κ3) is 6.02. The maximum atomic E-state index is 10.3. The number of nitrogens with zero attached hydrogens (tertiary/aromatic N) is 3. The normalized spacial score (nSPS) is 18.7. The largest absolute Gasteiger partial charge is 0.395 e. The first-order chi connectivity index (χ1) is 10.7. The molecule has 1 fully saturated rings. The van der Waals surface area contributed by atoms with Crippen molar-refractivity contribution in [1.29, 1.82) is 0 Å². The van der Waals surface area contributed by atoms with Gasteiger partial charge in [-0.2, -0.15) is 0 Å². The van der Waals surface area contributed by atoms with Crippen molar-refractivity contribution in [2.45, 2.75) is 12.6 Å². The second kappa shape index (κ2) is 9.22. The predicted molar refractivity (Wildman–Crippen MR) is 88.7 cm³/mol. The second-order valence-corrected chi connectivity index (χ2v) is 6.20. The summed E-state index contributed by atoms with van der Waals surface area (Å²) in [6.45, 7) is 7.17. The third-order valence-electron chi connectivity index (χ3n) is 4.17. The Balaban J connectivity index is 1.66. The summed E-state index contributed by atoms with van der Waals surface area (Å²) >= 11 is 0. The van der Waals surface area contributed by atoms with Crippen LogP contribution in [0.4, 0.5) is 0 Å². The Kier molecular flexibility index (Phi) is 7.29. The lowest BCUT2D eigenvalue weighted by molar-refractivity contribution is 0.0502. The molecule has 5 nitrogen and oxygen atoms in total. The highest BCUT2D eigenvalue weighted by molar-refractivity contribution is 5.14. The Morgan fingerprint density at radius 3 is 2.36 bits per heavy atom. The van der Waals surface area contributed by atoms with Crippen LogP contribution in [0.1, 0.15) is 5.56 Å². The van der Waals surface area contributed by atoms with Gasteiger partial charge in [-0.3, -0.25) is 14.7 Å². The lowest BCUT2D eigenvalue weighted by atomic mass is 10.2. The van der Waals surface area contributed by atoms with Gasteiger partial charge in [-0.05, 0) is 12.6 Å². The Bertz CT molecular complexity index is 408. The minimum atomic E-state index is -0.321. The van der Waals surface area contributed by atoms with Crippen LogP contribution in [0.2, 0.25) is 0 Å². The molecule has 0 unspecified atom stereocenters. The molecule has 0 bridgehead atoms. The van der Waals surface area contributed by atoms with E-state index in [2.05, 4.69) is 33.9 Å². The minimum absolute atomic E-state index is 0.229. The van der Waals surface area contributed by atoms with Crippen molar-refractivity contribution in [3.63, 3.8) is 0 Å². The molecular weight excluding hydrogens is 278 g/mol. The predicted octanol–water partition coefficient (Wildman–Crippen LogP) is 0.0892. The molecule has 1 aromatic rings. The number of piperazine rings is 1. The van der Waals surface area contributed by atoms with Crippen LogP contribution < -0.4 is 0 Å². The molecule has 1 aliphatic heterocycles. The second-order valence-electron chi connectivity index (χ2n) is 6.20. The molecule has 0 aliphatic carbocycles. The highest BCUT2D eigenvalue weighted by atomic mass is 16.3. The van der Waals surface area contributed by atoms with Crippen molar-refractivity contribution in [3.05, 3.63) is 35.9 Å². The van der Waals surface area contributed by atoms with Crippen molar-refractivity contribution < 1.29 is 10.2 Å². The number of benzene rings is 1. The van der Waals surface area contributed by atoms with Gasteiger partial charge in [-0.25, -0.2) is 0 Å². The molecule has 2 N–H and O–H groups in total. The maximum Gasteiger partial charge on any atom is 0.0793 e. The molecule has 124 valence electrons. The smallest absolute Gasteiger partial charge is 0.0793 e. The number of likely N-dealkylation sites (N-methyl/N-ethyl adjacent to an activating group) is 1. The van der Waals surface area contributed by atoms with Crippen molar-refractivity contribution in [2.75, 3.05) is 59.5 Å². The van der Waals surface area contributed by atoms with Crippen LogP contribution in [-0.2, 0) is 6.54 Å². The highest BCUT2D eigenvalue weighted by Crippen LogP contribution is 2.06. The van der Waals surface area contributed by atoms with E-state index in [1.54, 1.807) is 0 Å². The van der Waals surface area contributed by atoms with Gasteiger partial charge in [0.2, 0.25) is 0 Å². The maximum absolute atomic E-state index is 10.3. The van der Waals surface area contributed by atoms with E-state index in [0.29, 0.717) is 6.54 Å². The van der Waals surface area contributed by atoms with E-state index < -0.39 is 0 Å². The molecule has 0 amide bonds. The molecule has 1 saturated heterocycles. The lowest BCUT2D eigenvalue weighted by Crippen LogP contribution is -2.50. The van der Waals surface area contributed by atoms with Gasteiger partial charge in [-0.15, -0.1) is 0 Å². The van der Waals surface area contributed by atoms with Gasteiger partial charge < -0.3 is 10.2 Å². The first-order valence-electron chi connectivity index (χ1n) is 8.13. The molecule has 0 aromatic heterocycles. The zero-order valence-corrected chi connectivity index (χ0v) is 13.6. The van der Waals surface area contributed by atoms with Gasteiger partial charge in [0.25, 0.3) is 0 Å². The number of hydrogen-bond donors (Lipinski definition) is 2. The first kappa shape index (κ1) is 17.4. The molecule has 1 aliphatic rings. The molecular formula is C17H29N3O2. The minimum Gasteiger partial charge on any atom is -0.395 e. The summed E-state index contributed by atoms with van der Waals surface area (Å²) in [6, 6.07) is 10.3. The molecule has 5 heteroatoms. The highest BCUT2D eigenvalue weighted by Gasteiger charge is 2.19. The zero-order valence-electron chi connectivity index (χ0n) is 13.6. The standard InChI is InChI=1S/C17H29N3O2/c1-18(13-16-5-3-2-4-6-16)14-17(22)15-20-9-7-19(8-10-20)11-12-21/h2-6,17,21-22H,7-15H2,1H3/t17-/m0/s1. The van der Waals surface area contributed by atoms with Gasteiger partial charge in [-0.1, -0.05) is 30.3 Å². The summed E-state index contributed by atoms with van der Waals surface area (Å²) in [5, 5.41) is 19.2. The molecule has 0 spiro atoms. The zero-order chi connectivity index (χ0) is 15.8. The quantitative estimate of drug-likeness (QED) is 0.713. The fraction of sp³-hybridized carbons (Fsp3) is 0.647. The fourth-order valence-corrected chi connectivity index (χ4v) is 3.01. The van der Waals surface area contributed by atoms with E-state index in [1.165, 1.54) is 5.56 Å². The van der Waals surface area contributed by atoms with E-state index in [4.69, 9.17) is 5.11 Å². The number of aliphatic hydroxyl groups is 2. The molecule has 1 atom stereocenters. The van der Waals surface area contributed by atoms with E-state index in [9.17, 15) is 5.11 Å². The van der Waals surface area contributed by atoms with E-state index in [-0.39, 0.29) is 12.7 Å². The van der Waals surface area contributed by atoms with E-state index in [0.717, 1.165) is 45.8 Å². The number of rotatable bonds is 8. The molecule has 22 heavy (non-hydrogen) atoms. The topological polar surface area (TPSA) is 50.2 Å². The van der Waals surface area contributed by atoms with Crippen molar-refractivity contribution >= 4 is 0 Å². The molecule has 0 saturated carbocycles. The Morgan fingerprint density at radius 1 is 1.09 bits per heavy atom. The summed E-state index contributed by atoms with van der Waals surface area (Å²) in [6.07, 6.45) is -0.321. The Labute approximate surface area is 133 Å². The molecule has 0 radical (unpaired) electrons. The van der Waals surface area contributed by atoms with Crippen LogP contribution in [0.15, 0.2) is 30.3 Å². The summed E-state index contributed by atoms with van der Waals surface area (Å²) in [5.41, 5.74) is 1.27. The van der Waals surface area contributed by atoms with Crippen LogP contribution in [0.5, 0.6) is 0 Å². The summed E-state index contributed by atoms with van der Waals surface area (Å²) in [5.74, 6) is 0. The van der Waals surface area contributed by atoms with Gasteiger partial charge in [0.1, 0.15) is 0 Å². The summed E-state index contributed by atoms with van der Waals surface area (Å²) < 4.78 is 0. The van der Waals surface area contributed by atoms with Gasteiger partial charge in [0, 0.05) is 52.4 Å². The third-order valence-corrected chi connectivity index (χ3v) is 4.17. The van der Waals surface area contributed by atoms with Crippen molar-refractivity contribution in [2.24, 2.45) is 0 Å². The van der Waals surface area contributed by atoms with Crippen LogP contribution in [0, 0.1) is 0 Å². The lowest BCUT2D eigenvalue weighted by Gasteiger charge is -2.35. The molecule has 1 aromatic carbocycles. The Hall–Kier alpha value is -0.980. The van der Waals surface area contributed by atoms with Crippen LogP contribution in [0.3, 0.4) is 0 Å².